The van der Waals surface area contributed by atoms with Gasteiger partial charge in [-0.2, -0.15) is 0 Å². The van der Waals surface area contributed by atoms with Gasteiger partial charge in [0.1, 0.15) is 5.75 Å². The second-order valence-corrected chi connectivity index (χ2v) is 7.03. The Balaban J connectivity index is 2.23. The van der Waals surface area contributed by atoms with Crippen molar-refractivity contribution in [3.63, 3.8) is 0 Å². The molecule has 6 heteroatoms. The van der Waals surface area contributed by atoms with Crippen LogP contribution in [0.2, 0.25) is 0 Å². The SMILES string of the molecule is COc1cc(C2CC(=O)Oc3cc(C)c(Br)c(C)c32)cc(OC)c1OC. The average Bonchev–Trinajstić information content (AvgIpc) is 2.63. The Kier molecular flexibility index (Phi) is 5.14. The van der Waals surface area contributed by atoms with Crippen molar-refractivity contribution < 1.29 is 23.7 Å². The Morgan fingerprint density at radius 1 is 1.04 bits per heavy atom. The maximum Gasteiger partial charge on any atom is 0.312 e. The van der Waals surface area contributed by atoms with Crippen molar-refractivity contribution in [3.05, 3.63) is 44.9 Å². The minimum absolute atomic E-state index is 0.156. The number of hydrogen-bond donors (Lipinski definition) is 0. The molecule has 138 valence electrons. The number of carbonyl (C=O) groups excluding carboxylic acids is 1. The second kappa shape index (κ2) is 7.19. The molecule has 1 atom stereocenters. The summed E-state index contributed by atoms with van der Waals surface area (Å²) in [5.41, 5.74) is 4.00. The summed E-state index contributed by atoms with van der Waals surface area (Å²) in [7, 11) is 4.72. The molecule has 2 aromatic rings. The molecule has 0 spiro atoms. The van der Waals surface area contributed by atoms with Crippen LogP contribution in [-0.2, 0) is 4.79 Å². The number of esters is 1. The number of benzene rings is 2. The van der Waals surface area contributed by atoms with Gasteiger partial charge in [-0.3, -0.25) is 4.79 Å². The van der Waals surface area contributed by atoms with Gasteiger partial charge < -0.3 is 18.9 Å². The first kappa shape index (κ1) is 18.6. The van der Waals surface area contributed by atoms with Crippen LogP contribution in [0.15, 0.2) is 22.7 Å². The number of aryl methyl sites for hydroxylation is 1. The molecule has 3 rings (SSSR count). The van der Waals surface area contributed by atoms with E-state index in [1.54, 1.807) is 21.3 Å². The van der Waals surface area contributed by atoms with Crippen molar-refractivity contribution >= 4 is 21.9 Å². The highest BCUT2D eigenvalue weighted by Crippen LogP contribution is 2.47. The van der Waals surface area contributed by atoms with Crippen LogP contribution in [0.25, 0.3) is 0 Å². The highest BCUT2D eigenvalue weighted by atomic mass is 79.9. The molecule has 1 aliphatic heterocycles. The van der Waals surface area contributed by atoms with Crippen LogP contribution >= 0.6 is 15.9 Å². The number of carbonyl (C=O) groups is 1. The maximum absolute atomic E-state index is 12.2. The third kappa shape index (κ3) is 3.03. The predicted molar refractivity (Wildman–Crippen MR) is 102 cm³/mol. The molecular weight excluding hydrogens is 400 g/mol. The van der Waals surface area contributed by atoms with E-state index < -0.39 is 0 Å². The quantitative estimate of drug-likeness (QED) is 0.536. The monoisotopic (exact) mass is 420 g/mol. The third-order valence-corrected chi connectivity index (χ3v) is 5.95. The van der Waals surface area contributed by atoms with Crippen molar-refractivity contribution in [1.82, 2.24) is 0 Å². The standard InChI is InChI=1S/C20H21BrO5/c1-10-6-14-18(11(2)19(10)21)13(9-17(22)26-14)12-7-15(23-3)20(25-5)16(8-12)24-4/h6-8,13H,9H2,1-5H3. The van der Waals surface area contributed by atoms with Crippen LogP contribution < -0.4 is 18.9 Å². The fourth-order valence-corrected chi connectivity index (χ4v) is 3.80. The van der Waals surface area contributed by atoms with Gasteiger partial charge in [-0.1, -0.05) is 15.9 Å². The Morgan fingerprint density at radius 3 is 2.19 bits per heavy atom. The zero-order valence-electron chi connectivity index (χ0n) is 15.4. The Labute approximate surface area is 161 Å². The highest BCUT2D eigenvalue weighted by Gasteiger charge is 2.32. The summed E-state index contributed by atoms with van der Waals surface area (Å²) in [6.07, 6.45) is 0.252. The normalized spacial score (nSPS) is 15.9. The van der Waals surface area contributed by atoms with Gasteiger partial charge in [-0.05, 0) is 48.7 Å². The number of ether oxygens (including phenoxy) is 4. The van der Waals surface area contributed by atoms with Gasteiger partial charge in [-0.15, -0.1) is 0 Å². The summed E-state index contributed by atoms with van der Waals surface area (Å²) in [5, 5.41) is 0. The lowest BCUT2D eigenvalue weighted by molar-refractivity contribution is -0.135. The number of hydrogen-bond acceptors (Lipinski definition) is 5. The number of rotatable bonds is 4. The summed E-state index contributed by atoms with van der Waals surface area (Å²) in [4.78, 5) is 12.2. The fourth-order valence-electron chi connectivity index (χ4n) is 3.47. The summed E-state index contributed by atoms with van der Waals surface area (Å²) < 4.78 is 22.9. The highest BCUT2D eigenvalue weighted by molar-refractivity contribution is 9.10. The lowest BCUT2D eigenvalue weighted by atomic mass is 9.83. The molecule has 0 bridgehead atoms. The Bertz CT molecular complexity index is 850. The zero-order chi connectivity index (χ0) is 19.0. The lowest BCUT2D eigenvalue weighted by Crippen LogP contribution is -2.22. The van der Waals surface area contributed by atoms with E-state index in [0.717, 1.165) is 26.7 Å². The van der Waals surface area contributed by atoms with E-state index in [1.807, 2.05) is 32.0 Å². The van der Waals surface area contributed by atoms with E-state index in [0.29, 0.717) is 23.0 Å². The molecule has 0 fully saturated rings. The molecule has 0 aromatic heterocycles. The first-order valence-corrected chi connectivity index (χ1v) is 9.00. The molecule has 0 amide bonds. The van der Waals surface area contributed by atoms with Crippen LogP contribution in [0.3, 0.4) is 0 Å². The molecule has 0 saturated heterocycles. The molecule has 2 aromatic carbocycles. The van der Waals surface area contributed by atoms with Crippen LogP contribution in [0.1, 0.15) is 34.6 Å². The summed E-state index contributed by atoms with van der Waals surface area (Å²) in [5.74, 6) is 1.85. The number of methoxy groups -OCH3 is 3. The smallest absolute Gasteiger partial charge is 0.312 e. The molecular formula is C20H21BrO5. The molecule has 26 heavy (non-hydrogen) atoms. The Hall–Kier alpha value is -2.21. The largest absolute Gasteiger partial charge is 0.493 e. The van der Waals surface area contributed by atoms with Crippen molar-refractivity contribution in [2.75, 3.05) is 21.3 Å². The maximum atomic E-state index is 12.2. The molecule has 0 saturated carbocycles. The number of fused-ring (bicyclic) bond motifs is 1. The van der Waals surface area contributed by atoms with Crippen molar-refractivity contribution in [3.8, 4) is 23.0 Å². The van der Waals surface area contributed by atoms with Crippen molar-refractivity contribution in [2.24, 2.45) is 0 Å². The second-order valence-electron chi connectivity index (χ2n) is 6.23. The van der Waals surface area contributed by atoms with Gasteiger partial charge >= 0.3 is 5.97 Å². The summed E-state index contributed by atoms with van der Waals surface area (Å²) >= 11 is 3.64. The zero-order valence-corrected chi connectivity index (χ0v) is 17.0. The minimum Gasteiger partial charge on any atom is -0.493 e. The molecule has 5 nitrogen and oxygen atoms in total. The summed E-state index contributed by atoms with van der Waals surface area (Å²) in [6.45, 7) is 4.01. The first-order valence-electron chi connectivity index (χ1n) is 8.21. The summed E-state index contributed by atoms with van der Waals surface area (Å²) in [6, 6.07) is 5.68. The van der Waals surface area contributed by atoms with Gasteiger partial charge in [0.25, 0.3) is 0 Å². The van der Waals surface area contributed by atoms with E-state index >= 15 is 0 Å². The lowest BCUT2D eigenvalue weighted by Gasteiger charge is -2.28. The third-order valence-electron chi connectivity index (χ3n) is 4.72. The molecule has 1 unspecified atom stereocenters. The van der Waals surface area contributed by atoms with Gasteiger partial charge in [-0.25, -0.2) is 0 Å². The molecule has 0 N–H and O–H groups in total. The van der Waals surface area contributed by atoms with E-state index in [9.17, 15) is 4.79 Å². The van der Waals surface area contributed by atoms with Crippen LogP contribution in [-0.4, -0.2) is 27.3 Å². The molecule has 0 aliphatic carbocycles. The van der Waals surface area contributed by atoms with Crippen LogP contribution in [0, 0.1) is 13.8 Å². The first-order chi connectivity index (χ1) is 12.4. The number of halogens is 1. The average molecular weight is 421 g/mol. The molecule has 0 radical (unpaired) electrons. The minimum atomic E-state index is -0.252. The Morgan fingerprint density at radius 2 is 1.65 bits per heavy atom. The van der Waals surface area contributed by atoms with Gasteiger partial charge in [0.05, 0.1) is 27.8 Å². The van der Waals surface area contributed by atoms with Gasteiger partial charge in [0.2, 0.25) is 5.75 Å². The van der Waals surface area contributed by atoms with Crippen LogP contribution in [0.4, 0.5) is 0 Å². The molecule has 1 heterocycles. The van der Waals surface area contributed by atoms with Crippen LogP contribution in [0.5, 0.6) is 23.0 Å². The van der Waals surface area contributed by atoms with E-state index in [1.165, 1.54) is 0 Å². The van der Waals surface area contributed by atoms with Gasteiger partial charge in [0, 0.05) is 16.0 Å². The fraction of sp³-hybridized carbons (Fsp3) is 0.350. The van der Waals surface area contributed by atoms with Crippen molar-refractivity contribution in [2.45, 2.75) is 26.2 Å². The van der Waals surface area contributed by atoms with E-state index in [2.05, 4.69) is 15.9 Å². The van der Waals surface area contributed by atoms with Gasteiger partial charge in [0.15, 0.2) is 11.5 Å². The predicted octanol–water partition coefficient (Wildman–Crippen LogP) is 4.53. The van der Waals surface area contributed by atoms with Crippen molar-refractivity contribution in [1.29, 1.82) is 0 Å². The van der Waals surface area contributed by atoms with E-state index in [4.69, 9.17) is 18.9 Å². The topological polar surface area (TPSA) is 54.0 Å². The molecule has 1 aliphatic rings. The van der Waals surface area contributed by atoms with E-state index in [-0.39, 0.29) is 18.3 Å².